The molecule has 0 bridgehead atoms. The fourth-order valence-electron chi connectivity index (χ4n) is 4.41. The highest BCUT2D eigenvalue weighted by Gasteiger charge is 2.74. The van der Waals surface area contributed by atoms with E-state index in [1.165, 1.54) is 13.0 Å². The molecular formula is C23H21F3N2O7S2. The smallest absolute Gasteiger partial charge is 0.452 e. The van der Waals surface area contributed by atoms with E-state index in [9.17, 15) is 36.3 Å². The Balaban J connectivity index is 1.62. The number of benzene rings is 1. The predicted octanol–water partition coefficient (Wildman–Crippen LogP) is 4.21. The summed E-state index contributed by atoms with van der Waals surface area (Å²) >= 11 is 0.627. The Morgan fingerprint density at radius 3 is 2.51 bits per heavy atom. The number of ether oxygens (including phenoxy) is 1. The van der Waals surface area contributed by atoms with Crippen LogP contribution in [0, 0.1) is 0 Å². The number of thiophene rings is 1. The molecule has 0 spiro atoms. The third-order valence-corrected chi connectivity index (χ3v) is 9.29. The zero-order valence-corrected chi connectivity index (χ0v) is 20.9. The Labute approximate surface area is 213 Å². The Kier molecular flexibility index (Phi) is 6.94. The molecule has 14 heteroatoms. The third kappa shape index (κ3) is 5.13. The molecule has 1 aromatic carbocycles. The van der Waals surface area contributed by atoms with E-state index in [1.807, 2.05) is 0 Å². The number of nitrogens with zero attached hydrogens (tertiary/aromatic N) is 1. The Bertz CT molecular complexity index is 1420. The third-order valence-electron chi connectivity index (χ3n) is 6.20. The van der Waals surface area contributed by atoms with E-state index in [1.54, 1.807) is 30.3 Å². The monoisotopic (exact) mass is 558 g/mol. The van der Waals surface area contributed by atoms with Crippen LogP contribution >= 0.6 is 11.3 Å². The number of halogens is 3. The number of carboxylic acid groups (broad SMARTS) is 1. The molecule has 2 aromatic heterocycles. The van der Waals surface area contributed by atoms with Crippen molar-refractivity contribution in [1.29, 1.82) is 0 Å². The minimum Gasteiger partial charge on any atom is -0.480 e. The summed E-state index contributed by atoms with van der Waals surface area (Å²) in [6.07, 6.45) is -4.29. The number of rotatable bonds is 10. The van der Waals surface area contributed by atoms with Gasteiger partial charge in [-0.05, 0) is 37.0 Å². The molecule has 37 heavy (non-hydrogen) atoms. The summed E-state index contributed by atoms with van der Waals surface area (Å²) in [6, 6.07) is 11.6. The van der Waals surface area contributed by atoms with Crippen LogP contribution in [0.1, 0.15) is 37.5 Å². The van der Waals surface area contributed by atoms with Gasteiger partial charge in [0.2, 0.25) is 5.76 Å². The Morgan fingerprint density at radius 1 is 1.22 bits per heavy atom. The van der Waals surface area contributed by atoms with E-state index >= 15 is 0 Å². The van der Waals surface area contributed by atoms with Crippen LogP contribution in [0.5, 0.6) is 0 Å². The molecule has 1 saturated carbocycles. The lowest BCUT2D eigenvalue weighted by Crippen LogP contribution is -2.48. The van der Waals surface area contributed by atoms with Gasteiger partial charge in [-0.3, -0.25) is 9.59 Å². The maximum Gasteiger partial charge on any atom is 0.452 e. The predicted molar refractivity (Wildman–Crippen MR) is 124 cm³/mol. The minimum atomic E-state index is -4.75. The topological polar surface area (TPSA) is 136 Å². The average molecular weight is 559 g/mol. The van der Waals surface area contributed by atoms with Crippen LogP contribution in [-0.2, 0) is 35.9 Å². The van der Waals surface area contributed by atoms with Crippen molar-refractivity contribution in [3.63, 3.8) is 0 Å². The van der Waals surface area contributed by atoms with Gasteiger partial charge in [0, 0.05) is 18.4 Å². The van der Waals surface area contributed by atoms with Gasteiger partial charge in [-0.15, -0.1) is 11.3 Å². The average Bonchev–Trinajstić information content (AvgIpc) is 3.21. The Morgan fingerprint density at radius 2 is 1.92 bits per heavy atom. The summed E-state index contributed by atoms with van der Waals surface area (Å²) in [7, 11) is -4.41. The van der Waals surface area contributed by atoms with Gasteiger partial charge >= 0.3 is 18.1 Å². The zero-order valence-electron chi connectivity index (χ0n) is 19.2. The molecule has 3 aromatic rings. The molecule has 1 aliphatic carbocycles. The number of esters is 1. The SMILES string of the molecule is CC(=O)OCCCC1(c2ccccc2)CC1(NS(=O)(=O)c1ccc(-c2cc(C(F)(F)F)on2)s1)C(=O)O. The van der Waals surface area contributed by atoms with Gasteiger partial charge in [0.05, 0.1) is 11.5 Å². The molecule has 9 nitrogen and oxygen atoms in total. The molecule has 2 unspecified atom stereocenters. The Hall–Kier alpha value is -3.23. The number of alkyl halides is 3. The maximum atomic E-state index is 13.3. The van der Waals surface area contributed by atoms with E-state index in [0.29, 0.717) is 29.4 Å². The molecule has 1 aliphatic rings. The number of aromatic nitrogens is 1. The number of carbonyl (C=O) groups is 2. The van der Waals surface area contributed by atoms with Crippen LogP contribution in [0.3, 0.4) is 0 Å². The molecule has 2 heterocycles. The number of hydrogen-bond acceptors (Lipinski definition) is 8. The summed E-state index contributed by atoms with van der Waals surface area (Å²) in [5, 5.41) is 13.5. The largest absolute Gasteiger partial charge is 0.480 e. The van der Waals surface area contributed by atoms with E-state index in [0.717, 1.165) is 6.07 Å². The van der Waals surface area contributed by atoms with Gasteiger partial charge in [-0.25, -0.2) is 8.42 Å². The molecule has 4 rings (SSSR count). The molecule has 2 atom stereocenters. The van der Waals surface area contributed by atoms with Crippen molar-refractivity contribution in [2.75, 3.05) is 6.61 Å². The van der Waals surface area contributed by atoms with E-state index in [-0.39, 0.29) is 34.2 Å². The first kappa shape index (κ1) is 26.8. The molecule has 0 amide bonds. The normalized spacial score (nSPS) is 21.5. The second-order valence-corrected chi connectivity index (χ2v) is 11.6. The van der Waals surface area contributed by atoms with Gasteiger partial charge in [0.25, 0.3) is 10.0 Å². The van der Waals surface area contributed by atoms with Gasteiger partial charge in [0.1, 0.15) is 15.4 Å². The van der Waals surface area contributed by atoms with Gasteiger partial charge in [-0.2, -0.15) is 17.9 Å². The molecule has 2 N–H and O–H groups in total. The number of nitrogens with one attached hydrogen (secondary N) is 1. The van der Waals surface area contributed by atoms with Crippen LogP contribution in [0.25, 0.3) is 10.6 Å². The van der Waals surface area contributed by atoms with Crippen LogP contribution in [-0.4, -0.2) is 42.8 Å². The summed E-state index contributed by atoms with van der Waals surface area (Å²) in [5.41, 5.74) is -2.59. The molecule has 0 aliphatic heterocycles. The molecule has 198 valence electrons. The molecule has 0 saturated heterocycles. The second kappa shape index (κ2) is 9.58. The molecule has 1 fully saturated rings. The number of carbonyl (C=O) groups excluding carboxylic acids is 1. The lowest BCUT2D eigenvalue weighted by atomic mass is 9.86. The zero-order chi connectivity index (χ0) is 27.1. The lowest BCUT2D eigenvalue weighted by Gasteiger charge is -2.24. The fourth-order valence-corrected chi connectivity index (χ4v) is 7.10. The van der Waals surface area contributed by atoms with Crippen LogP contribution in [0.4, 0.5) is 13.2 Å². The first-order chi connectivity index (χ1) is 17.3. The van der Waals surface area contributed by atoms with E-state index in [4.69, 9.17) is 4.74 Å². The van der Waals surface area contributed by atoms with Crippen molar-refractivity contribution in [3.05, 3.63) is 59.9 Å². The first-order valence-corrected chi connectivity index (χ1v) is 13.2. The van der Waals surface area contributed by atoms with Crippen LogP contribution in [0.2, 0.25) is 0 Å². The number of sulfonamides is 1. The summed E-state index contributed by atoms with van der Waals surface area (Å²) < 4.78 is 76.3. The van der Waals surface area contributed by atoms with E-state index in [2.05, 4.69) is 14.4 Å². The lowest BCUT2D eigenvalue weighted by molar-refractivity contribution is -0.155. The first-order valence-electron chi connectivity index (χ1n) is 10.9. The molecule has 0 radical (unpaired) electrons. The highest BCUT2D eigenvalue weighted by atomic mass is 32.2. The highest BCUT2D eigenvalue weighted by Crippen LogP contribution is 2.61. The number of carboxylic acids is 1. The second-order valence-electron chi connectivity index (χ2n) is 8.58. The minimum absolute atomic E-state index is 0.0399. The van der Waals surface area contributed by atoms with Gasteiger partial charge in [-0.1, -0.05) is 35.5 Å². The van der Waals surface area contributed by atoms with Gasteiger partial charge < -0.3 is 14.4 Å². The number of aliphatic carboxylic acids is 1. The van der Waals surface area contributed by atoms with Gasteiger partial charge in [0.15, 0.2) is 0 Å². The van der Waals surface area contributed by atoms with Crippen LogP contribution in [0.15, 0.2) is 57.3 Å². The fraction of sp³-hybridized carbons (Fsp3) is 0.348. The van der Waals surface area contributed by atoms with Crippen molar-refractivity contribution in [2.45, 2.75) is 47.5 Å². The summed E-state index contributed by atoms with van der Waals surface area (Å²) in [4.78, 5) is 23.7. The summed E-state index contributed by atoms with van der Waals surface area (Å²) in [6.45, 7) is 1.29. The van der Waals surface area contributed by atoms with Crippen molar-refractivity contribution in [3.8, 4) is 10.6 Å². The number of hydrogen-bond donors (Lipinski definition) is 2. The highest BCUT2D eigenvalue weighted by molar-refractivity contribution is 7.91. The van der Waals surface area contributed by atoms with Crippen molar-refractivity contribution in [1.82, 2.24) is 9.88 Å². The van der Waals surface area contributed by atoms with E-state index < -0.39 is 44.9 Å². The quantitative estimate of drug-likeness (QED) is 0.279. The maximum absolute atomic E-state index is 13.3. The van der Waals surface area contributed by atoms with Crippen LogP contribution < -0.4 is 4.72 Å². The van der Waals surface area contributed by atoms with Crippen molar-refractivity contribution in [2.24, 2.45) is 0 Å². The summed E-state index contributed by atoms with van der Waals surface area (Å²) in [5.74, 6) is -3.20. The van der Waals surface area contributed by atoms with Crippen molar-refractivity contribution < 1.29 is 45.5 Å². The molecular weight excluding hydrogens is 537 g/mol. The standard InChI is InChI=1S/C23H21F3N2O7S2/c1-14(29)34-11-5-10-21(15-6-3-2-4-7-15)13-22(21,20(30)31)28-37(32,33)19-9-8-17(36-19)16-12-18(35-27-16)23(24,25)26/h2-4,6-9,12,28H,5,10-11,13H2,1H3,(H,30,31). The van der Waals surface area contributed by atoms with Crippen molar-refractivity contribution >= 4 is 33.3 Å².